The summed E-state index contributed by atoms with van der Waals surface area (Å²) in [6.45, 7) is 6.86. The molecule has 2 saturated heterocycles. The van der Waals surface area contributed by atoms with Crippen molar-refractivity contribution in [3.05, 3.63) is 30.1 Å². The Morgan fingerprint density at radius 3 is 2.88 bits per heavy atom. The van der Waals surface area contributed by atoms with E-state index in [0.717, 1.165) is 24.8 Å². The SMILES string of the molecule is CC(C)(CNC(=O)NC1CCOC12CCOCC2)c1cccnc1. The number of urea groups is 1. The third-order valence-electron chi connectivity index (χ3n) is 5.21. The smallest absolute Gasteiger partial charge is 0.315 e. The highest BCUT2D eigenvalue weighted by molar-refractivity contribution is 5.74. The molecule has 1 spiro atoms. The molecular formula is C18H27N3O3. The molecule has 0 aromatic carbocycles. The van der Waals surface area contributed by atoms with Crippen LogP contribution in [-0.4, -0.2) is 49.0 Å². The summed E-state index contributed by atoms with van der Waals surface area (Å²) in [5.74, 6) is 0. The molecular weight excluding hydrogens is 306 g/mol. The number of hydrogen-bond donors (Lipinski definition) is 2. The fourth-order valence-corrected chi connectivity index (χ4v) is 3.53. The molecule has 6 nitrogen and oxygen atoms in total. The molecule has 1 unspecified atom stereocenters. The van der Waals surface area contributed by atoms with Crippen molar-refractivity contribution in [2.24, 2.45) is 0 Å². The van der Waals surface area contributed by atoms with Gasteiger partial charge >= 0.3 is 6.03 Å². The fourth-order valence-electron chi connectivity index (χ4n) is 3.53. The molecule has 0 radical (unpaired) electrons. The fraction of sp³-hybridized carbons (Fsp3) is 0.667. The number of pyridine rings is 1. The van der Waals surface area contributed by atoms with Crippen LogP contribution in [0, 0.1) is 0 Å². The number of amides is 2. The lowest BCUT2D eigenvalue weighted by Crippen LogP contribution is -2.55. The molecule has 1 atom stereocenters. The lowest BCUT2D eigenvalue weighted by Gasteiger charge is -2.38. The summed E-state index contributed by atoms with van der Waals surface area (Å²) in [6.07, 6.45) is 6.16. The number of aromatic nitrogens is 1. The van der Waals surface area contributed by atoms with E-state index in [4.69, 9.17) is 9.47 Å². The number of carbonyl (C=O) groups excluding carboxylic acids is 1. The van der Waals surface area contributed by atoms with Crippen molar-refractivity contribution in [1.82, 2.24) is 15.6 Å². The minimum atomic E-state index is -0.242. The van der Waals surface area contributed by atoms with Crippen LogP contribution in [0.3, 0.4) is 0 Å². The number of ether oxygens (including phenoxy) is 2. The maximum atomic E-state index is 12.4. The van der Waals surface area contributed by atoms with Gasteiger partial charge in [0.15, 0.2) is 0 Å². The summed E-state index contributed by atoms with van der Waals surface area (Å²) in [6, 6.07) is 3.88. The highest BCUT2D eigenvalue weighted by Gasteiger charge is 2.46. The molecule has 2 aliphatic heterocycles. The van der Waals surface area contributed by atoms with Crippen LogP contribution < -0.4 is 10.6 Å². The van der Waals surface area contributed by atoms with Gasteiger partial charge in [-0.3, -0.25) is 4.98 Å². The summed E-state index contributed by atoms with van der Waals surface area (Å²) < 4.78 is 11.4. The van der Waals surface area contributed by atoms with Gasteiger partial charge in [0.2, 0.25) is 0 Å². The van der Waals surface area contributed by atoms with Crippen molar-refractivity contribution in [2.45, 2.75) is 50.2 Å². The highest BCUT2D eigenvalue weighted by Crippen LogP contribution is 2.35. The summed E-state index contributed by atoms with van der Waals surface area (Å²) >= 11 is 0. The van der Waals surface area contributed by atoms with Crippen molar-refractivity contribution in [3.8, 4) is 0 Å². The van der Waals surface area contributed by atoms with Crippen LogP contribution in [0.25, 0.3) is 0 Å². The average Bonchev–Trinajstić information content (AvgIpc) is 2.96. The Balaban J connectivity index is 1.54. The van der Waals surface area contributed by atoms with Crippen LogP contribution in [0.5, 0.6) is 0 Å². The Kier molecular flexibility index (Phi) is 5.06. The number of nitrogens with one attached hydrogen (secondary N) is 2. The van der Waals surface area contributed by atoms with Crippen LogP contribution in [0.2, 0.25) is 0 Å². The number of rotatable bonds is 4. The quantitative estimate of drug-likeness (QED) is 0.884. The van der Waals surface area contributed by atoms with Gasteiger partial charge in [0.1, 0.15) is 0 Å². The van der Waals surface area contributed by atoms with E-state index in [0.29, 0.717) is 26.4 Å². The third-order valence-corrected chi connectivity index (χ3v) is 5.21. The summed E-state index contributed by atoms with van der Waals surface area (Å²) in [7, 11) is 0. The van der Waals surface area contributed by atoms with Gasteiger partial charge in [0.25, 0.3) is 0 Å². The van der Waals surface area contributed by atoms with Crippen LogP contribution >= 0.6 is 0 Å². The topological polar surface area (TPSA) is 72.5 Å². The Morgan fingerprint density at radius 2 is 2.17 bits per heavy atom. The maximum Gasteiger partial charge on any atom is 0.315 e. The van der Waals surface area contributed by atoms with Gasteiger partial charge in [0, 0.05) is 57.0 Å². The molecule has 3 heterocycles. The second-order valence-electron chi connectivity index (χ2n) is 7.32. The van der Waals surface area contributed by atoms with Crippen molar-refractivity contribution in [3.63, 3.8) is 0 Å². The van der Waals surface area contributed by atoms with Gasteiger partial charge in [0.05, 0.1) is 11.6 Å². The normalized spacial score (nSPS) is 23.2. The van der Waals surface area contributed by atoms with Crippen LogP contribution in [-0.2, 0) is 14.9 Å². The van der Waals surface area contributed by atoms with Crippen molar-refractivity contribution >= 4 is 6.03 Å². The Hall–Kier alpha value is -1.66. The van der Waals surface area contributed by atoms with Gasteiger partial charge < -0.3 is 20.1 Å². The zero-order chi connectivity index (χ0) is 17.0. The van der Waals surface area contributed by atoms with Crippen LogP contribution in [0.15, 0.2) is 24.5 Å². The van der Waals surface area contributed by atoms with E-state index >= 15 is 0 Å². The van der Waals surface area contributed by atoms with E-state index in [9.17, 15) is 4.79 Å². The van der Waals surface area contributed by atoms with Gasteiger partial charge in [-0.15, -0.1) is 0 Å². The number of carbonyl (C=O) groups is 1. The minimum absolute atomic E-state index is 0.0582. The summed E-state index contributed by atoms with van der Waals surface area (Å²) in [5.41, 5.74) is 0.693. The molecule has 2 aliphatic rings. The van der Waals surface area contributed by atoms with E-state index in [1.54, 1.807) is 6.20 Å². The van der Waals surface area contributed by atoms with Crippen LogP contribution in [0.1, 0.15) is 38.7 Å². The molecule has 0 saturated carbocycles. The minimum Gasteiger partial charge on any atom is -0.381 e. The van der Waals surface area contributed by atoms with Gasteiger partial charge in [-0.25, -0.2) is 4.79 Å². The zero-order valence-corrected chi connectivity index (χ0v) is 14.5. The molecule has 0 bridgehead atoms. The van der Waals surface area contributed by atoms with E-state index in [2.05, 4.69) is 29.5 Å². The molecule has 24 heavy (non-hydrogen) atoms. The molecule has 2 amide bonds. The molecule has 1 aromatic rings. The first kappa shape index (κ1) is 17.2. The molecule has 132 valence electrons. The van der Waals surface area contributed by atoms with E-state index in [-0.39, 0.29) is 23.1 Å². The molecule has 6 heteroatoms. The monoisotopic (exact) mass is 333 g/mol. The first-order valence-corrected chi connectivity index (χ1v) is 8.68. The molecule has 0 aliphatic carbocycles. The van der Waals surface area contributed by atoms with E-state index < -0.39 is 0 Å². The second-order valence-corrected chi connectivity index (χ2v) is 7.32. The van der Waals surface area contributed by atoms with Gasteiger partial charge in [-0.05, 0) is 18.1 Å². The second kappa shape index (κ2) is 7.07. The van der Waals surface area contributed by atoms with E-state index in [1.165, 1.54) is 0 Å². The van der Waals surface area contributed by atoms with Gasteiger partial charge in [-0.2, -0.15) is 0 Å². The molecule has 2 N–H and O–H groups in total. The maximum absolute atomic E-state index is 12.4. The Labute approximate surface area is 143 Å². The van der Waals surface area contributed by atoms with Crippen molar-refractivity contribution in [2.75, 3.05) is 26.4 Å². The molecule has 1 aromatic heterocycles. The Morgan fingerprint density at radius 1 is 1.38 bits per heavy atom. The van der Waals surface area contributed by atoms with Crippen molar-refractivity contribution < 1.29 is 14.3 Å². The number of nitrogens with zero attached hydrogens (tertiary/aromatic N) is 1. The molecule has 3 rings (SSSR count). The summed E-state index contributed by atoms with van der Waals surface area (Å²) in [5, 5.41) is 6.12. The highest BCUT2D eigenvalue weighted by atomic mass is 16.5. The average molecular weight is 333 g/mol. The third kappa shape index (κ3) is 3.70. The lowest BCUT2D eigenvalue weighted by molar-refractivity contribution is -0.0869. The first-order chi connectivity index (χ1) is 11.5. The predicted octanol–water partition coefficient (Wildman–Crippen LogP) is 2.00. The zero-order valence-electron chi connectivity index (χ0n) is 14.5. The standard InChI is InChI=1S/C18H27N3O3/c1-17(2,14-4-3-8-19-12-14)13-20-16(22)21-15-5-9-24-18(15)6-10-23-11-7-18/h3-4,8,12,15H,5-7,9-11,13H2,1-2H3,(H2,20,21,22). The van der Waals surface area contributed by atoms with Crippen LogP contribution in [0.4, 0.5) is 4.79 Å². The van der Waals surface area contributed by atoms with Crippen molar-refractivity contribution in [1.29, 1.82) is 0 Å². The largest absolute Gasteiger partial charge is 0.381 e. The van der Waals surface area contributed by atoms with E-state index in [1.807, 2.05) is 18.3 Å². The molecule has 2 fully saturated rings. The summed E-state index contributed by atoms with van der Waals surface area (Å²) in [4.78, 5) is 16.5. The predicted molar refractivity (Wildman–Crippen MR) is 90.9 cm³/mol. The Bertz CT molecular complexity index is 556. The first-order valence-electron chi connectivity index (χ1n) is 8.68. The van der Waals surface area contributed by atoms with Gasteiger partial charge in [-0.1, -0.05) is 19.9 Å². The number of hydrogen-bond acceptors (Lipinski definition) is 4. The lowest BCUT2D eigenvalue weighted by atomic mass is 9.85.